The molecule has 1 saturated heterocycles. The molecule has 0 unspecified atom stereocenters. The predicted octanol–water partition coefficient (Wildman–Crippen LogP) is 5.45. The van der Waals surface area contributed by atoms with Crippen LogP contribution in [0.1, 0.15) is 45.2 Å². The fraction of sp³-hybridized carbons (Fsp3) is 0.407. The van der Waals surface area contributed by atoms with Crippen molar-refractivity contribution in [3.63, 3.8) is 0 Å². The Labute approximate surface area is 209 Å². The summed E-state index contributed by atoms with van der Waals surface area (Å²) in [4.78, 5) is 23.7. The highest BCUT2D eigenvalue weighted by Gasteiger charge is 2.28. The van der Waals surface area contributed by atoms with Gasteiger partial charge in [0.2, 0.25) is 0 Å². The Bertz CT molecular complexity index is 1450. The molecule has 0 radical (unpaired) electrons. The second-order valence-corrected chi connectivity index (χ2v) is 10.2. The van der Waals surface area contributed by atoms with E-state index in [-0.39, 0.29) is 23.3 Å². The second kappa shape index (κ2) is 9.04. The molecule has 5 rings (SSSR count). The van der Waals surface area contributed by atoms with E-state index in [0.717, 1.165) is 29.6 Å². The van der Waals surface area contributed by atoms with Gasteiger partial charge in [-0.1, -0.05) is 0 Å². The van der Waals surface area contributed by atoms with Gasteiger partial charge in [0.05, 0.1) is 23.8 Å². The fourth-order valence-corrected chi connectivity index (χ4v) is 4.71. The molecular formula is C27H30FN5O3. The third kappa shape index (κ3) is 4.57. The molecule has 36 heavy (non-hydrogen) atoms. The van der Waals surface area contributed by atoms with Crippen LogP contribution in [0.3, 0.4) is 0 Å². The molecule has 4 heterocycles. The van der Waals surface area contributed by atoms with E-state index in [0.29, 0.717) is 29.7 Å². The maximum absolute atomic E-state index is 15.1. The number of hydrogen-bond donors (Lipinski definition) is 0. The minimum absolute atomic E-state index is 0.120. The van der Waals surface area contributed by atoms with Crippen LogP contribution in [0, 0.1) is 5.82 Å². The second-order valence-electron chi connectivity index (χ2n) is 10.2. The molecule has 4 aromatic rings. The van der Waals surface area contributed by atoms with E-state index in [4.69, 9.17) is 19.4 Å². The van der Waals surface area contributed by atoms with Crippen LogP contribution in [-0.2, 0) is 11.8 Å². The van der Waals surface area contributed by atoms with Gasteiger partial charge in [0.25, 0.3) is 0 Å². The van der Waals surface area contributed by atoms with E-state index < -0.39 is 11.4 Å². The van der Waals surface area contributed by atoms with Gasteiger partial charge in [-0.05, 0) is 63.9 Å². The lowest BCUT2D eigenvalue weighted by Gasteiger charge is -2.33. The van der Waals surface area contributed by atoms with Gasteiger partial charge in [0.1, 0.15) is 11.1 Å². The first-order valence-electron chi connectivity index (χ1n) is 12.1. The van der Waals surface area contributed by atoms with Crippen LogP contribution in [0.25, 0.3) is 33.2 Å². The van der Waals surface area contributed by atoms with E-state index in [1.165, 1.54) is 7.11 Å². The Morgan fingerprint density at radius 1 is 1.08 bits per heavy atom. The van der Waals surface area contributed by atoms with Gasteiger partial charge in [-0.2, -0.15) is 5.10 Å². The van der Waals surface area contributed by atoms with Gasteiger partial charge >= 0.3 is 6.09 Å². The minimum Gasteiger partial charge on any atom is -0.493 e. The molecular weight excluding hydrogens is 461 g/mol. The number of benzene rings is 1. The number of amides is 1. The summed E-state index contributed by atoms with van der Waals surface area (Å²) in [5, 5.41) is 4.87. The predicted molar refractivity (Wildman–Crippen MR) is 136 cm³/mol. The number of carbonyl (C=O) groups is 1. The van der Waals surface area contributed by atoms with Gasteiger partial charge in [0.15, 0.2) is 11.6 Å². The molecule has 0 aliphatic carbocycles. The lowest BCUT2D eigenvalue weighted by molar-refractivity contribution is 0.0204. The number of aromatic nitrogens is 4. The summed E-state index contributed by atoms with van der Waals surface area (Å²) in [6.45, 7) is 6.90. The Morgan fingerprint density at radius 3 is 2.47 bits per heavy atom. The van der Waals surface area contributed by atoms with Crippen molar-refractivity contribution in [3.8, 4) is 17.0 Å². The number of ether oxygens (including phenoxy) is 2. The Kier molecular flexibility index (Phi) is 6.02. The first kappa shape index (κ1) is 24.0. The maximum Gasteiger partial charge on any atom is 0.410 e. The summed E-state index contributed by atoms with van der Waals surface area (Å²) in [7, 11) is 3.20. The lowest BCUT2D eigenvalue weighted by Crippen LogP contribution is -2.41. The summed E-state index contributed by atoms with van der Waals surface area (Å²) < 4.78 is 27.6. The van der Waals surface area contributed by atoms with Crippen LogP contribution in [0.5, 0.6) is 5.75 Å². The molecule has 1 aliphatic rings. The van der Waals surface area contributed by atoms with Crippen LogP contribution in [0.2, 0.25) is 0 Å². The van der Waals surface area contributed by atoms with Crippen molar-refractivity contribution < 1.29 is 18.7 Å². The molecule has 0 N–H and O–H groups in total. The van der Waals surface area contributed by atoms with Gasteiger partial charge in [-0.25, -0.2) is 14.2 Å². The van der Waals surface area contributed by atoms with Crippen LogP contribution in [-0.4, -0.2) is 56.5 Å². The number of piperidine rings is 1. The van der Waals surface area contributed by atoms with Crippen molar-refractivity contribution in [1.29, 1.82) is 0 Å². The summed E-state index contributed by atoms with van der Waals surface area (Å²) in [6.07, 6.45) is 3.15. The van der Waals surface area contributed by atoms with Gasteiger partial charge in [-0.15, -0.1) is 0 Å². The average molecular weight is 492 g/mol. The molecule has 8 nitrogen and oxygen atoms in total. The third-order valence-electron chi connectivity index (χ3n) is 6.42. The van der Waals surface area contributed by atoms with Gasteiger partial charge in [-0.3, -0.25) is 9.67 Å². The monoisotopic (exact) mass is 491 g/mol. The van der Waals surface area contributed by atoms with Crippen molar-refractivity contribution in [2.24, 2.45) is 7.05 Å². The largest absolute Gasteiger partial charge is 0.493 e. The number of likely N-dealkylation sites (tertiary alicyclic amines) is 1. The molecule has 0 atom stereocenters. The number of methoxy groups -OCH3 is 1. The Hall–Kier alpha value is -3.75. The van der Waals surface area contributed by atoms with E-state index in [2.05, 4.69) is 5.10 Å². The number of carbonyl (C=O) groups excluding carboxylic acids is 1. The highest BCUT2D eigenvalue weighted by atomic mass is 19.1. The van der Waals surface area contributed by atoms with Crippen LogP contribution in [0.4, 0.5) is 9.18 Å². The number of hydrogen-bond acceptors (Lipinski definition) is 6. The third-order valence-corrected chi connectivity index (χ3v) is 6.42. The average Bonchev–Trinajstić information content (AvgIpc) is 3.23. The minimum atomic E-state index is -0.501. The van der Waals surface area contributed by atoms with Gasteiger partial charge in [0, 0.05) is 48.9 Å². The number of nitrogens with zero attached hydrogens (tertiary/aromatic N) is 5. The summed E-state index contributed by atoms with van der Waals surface area (Å²) in [5.41, 5.74) is 3.41. The van der Waals surface area contributed by atoms with Crippen molar-refractivity contribution >= 4 is 28.0 Å². The number of aryl methyl sites for hydroxylation is 1. The van der Waals surface area contributed by atoms with E-state index in [9.17, 15) is 4.79 Å². The molecule has 0 bridgehead atoms. The highest BCUT2D eigenvalue weighted by molar-refractivity contribution is 5.89. The van der Waals surface area contributed by atoms with E-state index in [1.54, 1.807) is 22.8 Å². The van der Waals surface area contributed by atoms with Crippen LogP contribution >= 0.6 is 0 Å². The number of fused-ring (bicyclic) bond motifs is 2. The molecule has 1 aliphatic heterocycles. The zero-order valence-electron chi connectivity index (χ0n) is 21.2. The Morgan fingerprint density at radius 2 is 1.78 bits per heavy atom. The number of pyridine rings is 2. The number of rotatable bonds is 3. The molecule has 1 amide bonds. The van der Waals surface area contributed by atoms with Crippen LogP contribution < -0.4 is 4.74 Å². The van der Waals surface area contributed by atoms with E-state index in [1.807, 2.05) is 51.1 Å². The molecule has 1 aromatic carbocycles. The highest BCUT2D eigenvalue weighted by Crippen LogP contribution is 2.37. The molecule has 188 valence electrons. The van der Waals surface area contributed by atoms with E-state index >= 15 is 4.39 Å². The van der Waals surface area contributed by atoms with Crippen molar-refractivity contribution in [2.75, 3.05) is 20.2 Å². The fourth-order valence-electron chi connectivity index (χ4n) is 4.71. The van der Waals surface area contributed by atoms with Crippen LogP contribution in [0.15, 0.2) is 36.5 Å². The van der Waals surface area contributed by atoms with Crippen molar-refractivity contribution in [1.82, 2.24) is 24.6 Å². The molecule has 3 aromatic heterocycles. The lowest BCUT2D eigenvalue weighted by atomic mass is 9.93. The maximum atomic E-state index is 15.1. The van der Waals surface area contributed by atoms with Crippen molar-refractivity contribution in [2.45, 2.75) is 45.1 Å². The molecule has 0 saturated carbocycles. The summed E-state index contributed by atoms with van der Waals surface area (Å²) in [6, 6.07) is 9.53. The van der Waals surface area contributed by atoms with Gasteiger partial charge < -0.3 is 14.4 Å². The van der Waals surface area contributed by atoms with Crippen molar-refractivity contribution in [3.05, 3.63) is 48.0 Å². The molecule has 1 fully saturated rings. The smallest absolute Gasteiger partial charge is 0.410 e. The first-order chi connectivity index (χ1) is 17.1. The number of halogens is 1. The summed E-state index contributed by atoms with van der Waals surface area (Å²) in [5.74, 6) is -0.122. The topological polar surface area (TPSA) is 82.4 Å². The first-order valence-corrected chi connectivity index (χ1v) is 12.1. The quantitative estimate of drug-likeness (QED) is 0.379. The zero-order chi connectivity index (χ0) is 25.6. The summed E-state index contributed by atoms with van der Waals surface area (Å²) >= 11 is 0. The molecule has 0 spiro atoms. The molecule has 9 heteroatoms. The normalized spacial score (nSPS) is 15.0. The Balaban J connectivity index is 1.38. The zero-order valence-corrected chi connectivity index (χ0v) is 21.2. The SMILES string of the molecule is COc1c(-c2ccc3nc(C4CCN(C(=O)OC(C)(C)C)CC4)ccc3n2)cc2cn(C)nc2c1F. The standard InChI is InChI=1S/C27H30FN5O3/c1-27(2,3)36-26(34)33-12-10-16(11-13-33)19-6-8-22-21(29-19)9-7-20(30-22)18-14-17-15-32(4)31-24(17)23(28)25(18)35-5/h6-9,14-16H,10-13H2,1-5H3.